The van der Waals surface area contributed by atoms with E-state index in [1.54, 1.807) is 0 Å². The monoisotopic (exact) mass is 740 g/mol. The van der Waals surface area contributed by atoms with Gasteiger partial charge in [-0.15, -0.1) is 0 Å². The number of benzene rings is 9. The Morgan fingerprint density at radius 2 is 0.914 bits per heavy atom. The number of furan rings is 1. The molecule has 0 atom stereocenters. The molecular formula is C53H32N4O. The van der Waals surface area contributed by atoms with Crippen molar-refractivity contribution in [3.8, 4) is 51.0 Å². The number of hydrogen-bond acceptors (Lipinski definition) is 4. The van der Waals surface area contributed by atoms with Crippen LogP contribution >= 0.6 is 0 Å². The lowest BCUT2D eigenvalue weighted by Gasteiger charge is -2.16. The minimum Gasteiger partial charge on any atom is -0.456 e. The normalized spacial score (nSPS) is 11.8. The fraction of sp³-hybridized carbons (Fsp3) is 0. The number of hydrogen-bond donors (Lipinski definition) is 0. The standard InChI is InChI=1S/C53H32N4O/c1-3-13-33(14-4-1)34-23-25-37(26-24-34)52-54-51(36-16-5-2-6-17-36)55-53(56-52)45-32-49-44(41-21-11-12-22-48(41)58-49)31-47(45)57-46-30-39-19-8-7-18-38(39)29-43(46)42-28-27-35-15-9-10-20-40(35)50(42)57/h1-32H. The largest absolute Gasteiger partial charge is 0.456 e. The Bertz CT molecular complexity index is 3550. The Balaban J connectivity index is 1.19. The third-order valence-corrected chi connectivity index (χ3v) is 11.4. The number of nitrogens with zero attached hydrogens (tertiary/aromatic N) is 4. The van der Waals surface area contributed by atoms with E-state index < -0.39 is 0 Å². The molecule has 0 aliphatic rings. The maximum absolute atomic E-state index is 6.59. The fourth-order valence-electron chi connectivity index (χ4n) is 8.62. The Kier molecular flexibility index (Phi) is 7.16. The molecule has 0 fully saturated rings. The SMILES string of the molecule is c1ccc(-c2ccc(-c3nc(-c4ccccc4)nc(-c4cc5oc6ccccc6c5cc4-n4c5cc6ccccc6cc5c5ccc6ccccc6c54)n3)cc2)cc1. The predicted octanol–water partition coefficient (Wildman–Crippen LogP) is 13.8. The van der Waals surface area contributed by atoms with Gasteiger partial charge in [0.15, 0.2) is 17.5 Å². The lowest BCUT2D eigenvalue weighted by Crippen LogP contribution is -2.04. The van der Waals surface area contributed by atoms with E-state index in [4.69, 9.17) is 19.4 Å². The van der Waals surface area contributed by atoms with Crippen LogP contribution in [0.15, 0.2) is 199 Å². The van der Waals surface area contributed by atoms with E-state index in [0.717, 1.165) is 66.5 Å². The van der Waals surface area contributed by atoms with Gasteiger partial charge in [0, 0.05) is 43.6 Å². The summed E-state index contributed by atoms with van der Waals surface area (Å²) < 4.78 is 9.02. The van der Waals surface area contributed by atoms with Crippen LogP contribution in [0.2, 0.25) is 0 Å². The van der Waals surface area contributed by atoms with Crippen LogP contribution in [0, 0.1) is 0 Å². The van der Waals surface area contributed by atoms with Crippen LogP contribution in [0.3, 0.4) is 0 Å². The highest BCUT2D eigenvalue weighted by Gasteiger charge is 2.23. The number of aromatic nitrogens is 4. The quantitative estimate of drug-likeness (QED) is 0.176. The molecule has 0 aliphatic heterocycles. The summed E-state index contributed by atoms with van der Waals surface area (Å²) in [6, 6.07) is 68.1. The summed E-state index contributed by atoms with van der Waals surface area (Å²) in [5.41, 5.74) is 9.74. The van der Waals surface area contributed by atoms with Gasteiger partial charge in [-0.25, -0.2) is 15.0 Å². The van der Waals surface area contributed by atoms with Crippen LogP contribution in [-0.2, 0) is 0 Å². The molecule has 5 heteroatoms. The summed E-state index contributed by atoms with van der Waals surface area (Å²) in [7, 11) is 0. The van der Waals surface area contributed by atoms with E-state index >= 15 is 0 Å². The fourth-order valence-corrected chi connectivity index (χ4v) is 8.62. The lowest BCUT2D eigenvalue weighted by molar-refractivity contribution is 0.669. The van der Waals surface area contributed by atoms with Gasteiger partial charge >= 0.3 is 0 Å². The summed E-state index contributed by atoms with van der Waals surface area (Å²) >= 11 is 0. The zero-order valence-corrected chi connectivity index (χ0v) is 31.2. The Morgan fingerprint density at radius 1 is 0.345 bits per heavy atom. The van der Waals surface area contributed by atoms with Crippen molar-refractivity contribution in [3.05, 3.63) is 194 Å². The highest BCUT2D eigenvalue weighted by Crippen LogP contribution is 2.43. The van der Waals surface area contributed by atoms with Gasteiger partial charge in [0.1, 0.15) is 11.2 Å². The van der Waals surface area contributed by atoms with Gasteiger partial charge in [-0.2, -0.15) is 0 Å². The number of para-hydroxylation sites is 1. The van der Waals surface area contributed by atoms with Crippen LogP contribution in [0.4, 0.5) is 0 Å². The maximum atomic E-state index is 6.59. The van der Waals surface area contributed by atoms with Crippen molar-refractivity contribution in [2.45, 2.75) is 0 Å². The van der Waals surface area contributed by atoms with Crippen LogP contribution in [-0.4, -0.2) is 19.5 Å². The first-order chi connectivity index (χ1) is 28.7. The highest BCUT2D eigenvalue weighted by atomic mass is 16.3. The summed E-state index contributed by atoms with van der Waals surface area (Å²) in [4.78, 5) is 15.7. The van der Waals surface area contributed by atoms with E-state index in [1.165, 1.54) is 32.3 Å². The first kappa shape index (κ1) is 32.4. The van der Waals surface area contributed by atoms with E-state index in [2.05, 4.69) is 162 Å². The molecule has 0 amide bonds. The second kappa shape index (κ2) is 12.8. The molecule has 3 heterocycles. The maximum Gasteiger partial charge on any atom is 0.166 e. The van der Waals surface area contributed by atoms with Crippen molar-refractivity contribution in [2.24, 2.45) is 0 Å². The molecule has 0 N–H and O–H groups in total. The molecule has 3 aromatic heterocycles. The number of fused-ring (bicyclic) bond motifs is 9. The average Bonchev–Trinajstić information content (AvgIpc) is 3.83. The van der Waals surface area contributed by atoms with Crippen molar-refractivity contribution in [1.82, 2.24) is 19.5 Å². The zero-order chi connectivity index (χ0) is 38.2. The molecule has 0 saturated carbocycles. The third-order valence-electron chi connectivity index (χ3n) is 11.4. The molecular weight excluding hydrogens is 709 g/mol. The molecule has 0 spiro atoms. The molecule has 0 aliphatic carbocycles. The minimum atomic E-state index is 0.560. The molecule has 270 valence electrons. The van der Waals surface area contributed by atoms with Gasteiger partial charge in [0.05, 0.1) is 16.7 Å². The van der Waals surface area contributed by atoms with Gasteiger partial charge in [-0.3, -0.25) is 0 Å². The van der Waals surface area contributed by atoms with Gasteiger partial charge in [0.2, 0.25) is 0 Å². The smallest absolute Gasteiger partial charge is 0.166 e. The van der Waals surface area contributed by atoms with E-state index in [0.29, 0.717) is 17.5 Å². The van der Waals surface area contributed by atoms with Crippen LogP contribution in [0.1, 0.15) is 0 Å². The first-order valence-corrected chi connectivity index (χ1v) is 19.5. The van der Waals surface area contributed by atoms with Gasteiger partial charge in [0.25, 0.3) is 0 Å². The summed E-state index contributed by atoms with van der Waals surface area (Å²) in [5.74, 6) is 1.75. The summed E-state index contributed by atoms with van der Waals surface area (Å²) in [6.07, 6.45) is 0. The zero-order valence-electron chi connectivity index (χ0n) is 31.2. The minimum absolute atomic E-state index is 0.560. The van der Waals surface area contributed by atoms with Gasteiger partial charge in [-0.1, -0.05) is 164 Å². The highest BCUT2D eigenvalue weighted by molar-refractivity contribution is 6.21. The summed E-state index contributed by atoms with van der Waals surface area (Å²) in [5, 5.41) is 9.17. The lowest BCUT2D eigenvalue weighted by atomic mass is 10.0. The van der Waals surface area contributed by atoms with Crippen molar-refractivity contribution in [2.75, 3.05) is 0 Å². The molecule has 0 bridgehead atoms. The second-order valence-corrected chi connectivity index (χ2v) is 14.8. The average molecular weight is 741 g/mol. The molecule has 58 heavy (non-hydrogen) atoms. The van der Waals surface area contributed by atoms with Crippen LogP contribution in [0.5, 0.6) is 0 Å². The summed E-state index contributed by atoms with van der Waals surface area (Å²) in [6.45, 7) is 0. The Labute approximate surface area is 333 Å². The molecule has 0 radical (unpaired) electrons. The molecule has 9 aromatic carbocycles. The van der Waals surface area contributed by atoms with Gasteiger partial charge in [-0.05, 0) is 57.6 Å². The van der Waals surface area contributed by atoms with Crippen molar-refractivity contribution < 1.29 is 4.42 Å². The van der Waals surface area contributed by atoms with Gasteiger partial charge < -0.3 is 8.98 Å². The number of rotatable bonds is 5. The molecule has 0 unspecified atom stereocenters. The molecule has 5 nitrogen and oxygen atoms in total. The van der Waals surface area contributed by atoms with Crippen molar-refractivity contribution >= 4 is 65.3 Å². The van der Waals surface area contributed by atoms with Crippen molar-refractivity contribution in [1.29, 1.82) is 0 Å². The van der Waals surface area contributed by atoms with Crippen LogP contribution in [0.25, 0.3) is 116 Å². The topological polar surface area (TPSA) is 56.7 Å². The first-order valence-electron chi connectivity index (χ1n) is 19.5. The van der Waals surface area contributed by atoms with Crippen molar-refractivity contribution in [3.63, 3.8) is 0 Å². The van der Waals surface area contributed by atoms with Crippen LogP contribution < -0.4 is 0 Å². The molecule has 12 aromatic rings. The Hall–Kier alpha value is -7.89. The predicted molar refractivity (Wildman–Crippen MR) is 238 cm³/mol. The van der Waals surface area contributed by atoms with E-state index in [9.17, 15) is 0 Å². The molecule has 0 saturated heterocycles. The third kappa shape index (κ3) is 5.14. The van der Waals surface area contributed by atoms with E-state index in [1.807, 2.05) is 36.4 Å². The second-order valence-electron chi connectivity index (χ2n) is 14.8. The Morgan fingerprint density at radius 3 is 1.67 bits per heavy atom. The van der Waals surface area contributed by atoms with E-state index in [-0.39, 0.29) is 0 Å². The molecule has 12 rings (SSSR count).